The summed E-state index contributed by atoms with van der Waals surface area (Å²) in [6.07, 6.45) is 0.946. The van der Waals surface area contributed by atoms with Crippen LogP contribution in [0.15, 0.2) is 48.5 Å². The zero-order valence-corrected chi connectivity index (χ0v) is 16.3. The van der Waals surface area contributed by atoms with Gasteiger partial charge in [0.05, 0.1) is 18.7 Å². The number of nitrogens with one attached hydrogen (secondary N) is 2. The van der Waals surface area contributed by atoms with E-state index in [4.69, 9.17) is 4.74 Å². The first-order valence-corrected chi connectivity index (χ1v) is 9.97. The second-order valence-corrected chi connectivity index (χ2v) is 7.37. The van der Waals surface area contributed by atoms with Crippen molar-refractivity contribution in [2.24, 2.45) is 5.92 Å². The van der Waals surface area contributed by atoms with E-state index in [0.29, 0.717) is 13.2 Å². The Balaban J connectivity index is 1.73. The van der Waals surface area contributed by atoms with Crippen LogP contribution in [0.2, 0.25) is 0 Å². The predicted molar refractivity (Wildman–Crippen MR) is 107 cm³/mol. The van der Waals surface area contributed by atoms with Crippen molar-refractivity contribution in [1.82, 2.24) is 15.8 Å². The van der Waals surface area contributed by atoms with Gasteiger partial charge in [0.15, 0.2) is 0 Å². The number of hydrogen-bond acceptors (Lipinski definition) is 5. The SMILES string of the molecule is CCCOc1cccc(C2C3C(NNC3c3ccccc3O)C(=O)N2CC)c1. The van der Waals surface area contributed by atoms with Gasteiger partial charge in [0, 0.05) is 18.0 Å². The fourth-order valence-corrected chi connectivity index (χ4v) is 4.48. The first-order chi connectivity index (χ1) is 13.7. The fourth-order valence-electron chi connectivity index (χ4n) is 4.48. The van der Waals surface area contributed by atoms with Gasteiger partial charge in [-0.25, -0.2) is 10.9 Å². The number of carbonyl (C=O) groups excluding carboxylic acids is 1. The molecule has 2 aliphatic rings. The quantitative estimate of drug-likeness (QED) is 0.718. The molecule has 1 amide bonds. The largest absolute Gasteiger partial charge is 0.508 e. The van der Waals surface area contributed by atoms with Gasteiger partial charge < -0.3 is 14.7 Å². The molecule has 28 heavy (non-hydrogen) atoms. The normalized spacial score (nSPS) is 26.5. The molecule has 2 fully saturated rings. The van der Waals surface area contributed by atoms with Crippen LogP contribution in [0.3, 0.4) is 0 Å². The van der Waals surface area contributed by atoms with Crippen molar-refractivity contribution < 1.29 is 14.6 Å². The highest BCUT2D eigenvalue weighted by Crippen LogP contribution is 2.48. The van der Waals surface area contributed by atoms with E-state index in [9.17, 15) is 9.90 Å². The number of phenolic OH excluding ortho intramolecular Hbond substituents is 1. The monoisotopic (exact) mass is 381 g/mol. The van der Waals surface area contributed by atoms with E-state index in [1.165, 1.54) is 0 Å². The predicted octanol–water partition coefficient (Wildman–Crippen LogP) is 2.92. The second-order valence-electron chi connectivity index (χ2n) is 7.37. The highest BCUT2D eigenvalue weighted by atomic mass is 16.5. The highest BCUT2D eigenvalue weighted by Gasteiger charge is 2.55. The van der Waals surface area contributed by atoms with Crippen LogP contribution in [0.1, 0.15) is 43.5 Å². The van der Waals surface area contributed by atoms with Crippen molar-refractivity contribution in [2.75, 3.05) is 13.2 Å². The Morgan fingerprint density at radius 2 is 1.86 bits per heavy atom. The molecule has 2 heterocycles. The summed E-state index contributed by atoms with van der Waals surface area (Å²) in [4.78, 5) is 15.0. The average Bonchev–Trinajstić information content (AvgIpc) is 3.25. The molecule has 148 valence electrons. The first-order valence-electron chi connectivity index (χ1n) is 9.97. The molecule has 2 aliphatic heterocycles. The van der Waals surface area contributed by atoms with Crippen LogP contribution < -0.4 is 15.6 Å². The lowest BCUT2D eigenvalue weighted by molar-refractivity contribution is -0.130. The lowest BCUT2D eigenvalue weighted by atomic mass is 9.83. The molecule has 0 bridgehead atoms. The van der Waals surface area contributed by atoms with Gasteiger partial charge >= 0.3 is 0 Å². The molecule has 0 spiro atoms. The van der Waals surface area contributed by atoms with E-state index in [1.807, 2.05) is 48.2 Å². The number of likely N-dealkylation sites (tertiary alicyclic amines) is 1. The maximum atomic E-state index is 13.1. The summed E-state index contributed by atoms with van der Waals surface area (Å²) in [6, 6.07) is 14.8. The molecule has 0 aromatic heterocycles. The maximum Gasteiger partial charge on any atom is 0.242 e. The number of fused-ring (bicyclic) bond motifs is 1. The lowest BCUT2D eigenvalue weighted by Crippen LogP contribution is -2.41. The van der Waals surface area contributed by atoms with Crippen LogP contribution in [0.25, 0.3) is 0 Å². The number of rotatable bonds is 6. The highest BCUT2D eigenvalue weighted by molar-refractivity contribution is 5.86. The Hall–Kier alpha value is -2.57. The third-order valence-electron chi connectivity index (χ3n) is 5.70. The topological polar surface area (TPSA) is 73.8 Å². The van der Waals surface area contributed by atoms with E-state index in [-0.39, 0.29) is 35.7 Å². The number of ether oxygens (including phenoxy) is 1. The zero-order chi connectivity index (χ0) is 19.7. The standard InChI is InChI=1S/C22H27N3O3/c1-3-12-28-15-9-7-8-14(13-15)21-18-19(16-10-5-6-11-17(16)26)23-24-20(18)22(27)25(21)4-2/h5-11,13,18-21,23-24,26H,3-4,12H2,1-2H3. The molecule has 0 aliphatic carbocycles. The van der Waals surface area contributed by atoms with Gasteiger partial charge in [-0.3, -0.25) is 4.79 Å². The summed E-state index contributed by atoms with van der Waals surface area (Å²) >= 11 is 0. The van der Waals surface area contributed by atoms with Crippen molar-refractivity contribution >= 4 is 5.91 Å². The first kappa shape index (κ1) is 18.8. The molecule has 6 heteroatoms. The van der Waals surface area contributed by atoms with Gasteiger partial charge in [-0.1, -0.05) is 37.3 Å². The summed E-state index contributed by atoms with van der Waals surface area (Å²) in [6.45, 7) is 5.38. The molecule has 0 radical (unpaired) electrons. The third kappa shape index (κ3) is 3.12. The van der Waals surface area contributed by atoms with E-state index in [1.54, 1.807) is 6.07 Å². The van der Waals surface area contributed by atoms with Crippen LogP contribution in [-0.4, -0.2) is 35.1 Å². The van der Waals surface area contributed by atoms with Crippen LogP contribution in [0.5, 0.6) is 11.5 Å². The molecule has 2 aromatic rings. The Labute approximate surface area is 165 Å². The van der Waals surface area contributed by atoms with Gasteiger partial charge in [-0.2, -0.15) is 0 Å². The van der Waals surface area contributed by atoms with Gasteiger partial charge in [-0.05, 0) is 37.1 Å². The summed E-state index contributed by atoms with van der Waals surface area (Å²) in [5, 5.41) is 10.4. The van der Waals surface area contributed by atoms with Crippen LogP contribution >= 0.6 is 0 Å². The van der Waals surface area contributed by atoms with Crippen LogP contribution in [0, 0.1) is 5.92 Å². The second kappa shape index (κ2) is 7.81. The molecule has 6 nitrogen and oxygen atoms in total. The molecular formula is C22H27N3O3. The van der Waals surface area contributed by atoms with Crippen molar-refractivity contribution in [2.45, 2.75) is 38.4 Å². The molecule has 3 N–H and O–H groups in total. The van der Waals surface area contributed by atoms with Gasteiger partial charge in [-0.15, -0.1) is 0 Å². The fraction of sp³-hybridized carbons (Fsp3) is 0.409. The number of likely N-dealkylation sites (N-methyl/N-ethyl adjacent to an activating group) is 1. The number of nitrogens with zero attached hydrogens (tertiary/aromatic N) is 1. The number of carbonyl (C=O) groups is 1. The summed E-state index contributed by atoms with van der Waals surface area (Å²) < 4.78 is 5.82. The van der Waals surface area contributed by atoms with Gasteiger partial charge in [0.25, 0.3) is 0 Å². The molecule has 0 saturated carbocycles. The molecule has 4 atom stereocenters. The summed E-state index contributed by atoms with van der Waals surface area (Å²) in [5.74, 6) is 1.11. The number of hydrazine groups is 1. The Morgan fingerprint density at radius 1 is 1.07 bits per heavy atom. The van der Waals surface area contributed by atoms with E-state index in [2.05, 4.69) is 23.8 Å². The summed E-state index contributed by atoms with van der Waals surface area (Å²) in [7, 11) is 0. The minimum absolute atomic E-state index is 0.0397. The van der Waals surface area contributed by atoms with E-state index >= 15 is 0 Å². The van der Waals surface area contributed by atoms with Crippen molar-refractivity contribution in [3.05, 3.63) is 59.7 Å². The Kier molecular flexibility index (Phi) is 5.24. The maximum absolute atomic E-state index is 13.1. The molecule has 2 aromatic carbocycles. The van der Waals surface area contributed by atoms with E-state index in [0.717, 1.165) is 23.3 Å². The number of hydrogen-bond donors (Lipinski definition) is 3. The zero-order valence-electron chi connectivity index (χ0n) is 16.3. The summed E-state index contributed by atoms with van der Waals surface area (Å²) in [5.41, 5.74) is 8.28. The molecule has 2 saturated heterocycles. The van der Waals surface area contributed by atoms with Crippen molar-refractivity contribution in [3.63, 3.8) is 0 Å². The molecule has 4 rings (SSSR count). The number of para-hydroxylation sites is 1. The number of phenols is 1. The lowest BCUT2D eigenvalue weighted by Gasteiger charge is -2.31. The van der Waals surface area contributed by atoms with E-state index < -0.39 is 0 Å². The average molecular weight is 381 g/mol. The number of benzene rings is 2. The molecular weight excluding hydrogens is 354 g/mol. The minimum atomic E-state index is -0.324. The third-order valence-corrected chi connectivity index (χ3v) is 5.70. The Bertz CT molecular complexity index is 856. The number of aromatic hydroxyl groups is 1. The molecule has 4 unspecified atom stereocenters. The van der Waals surface area contributed by atoms with Crippen LogP contribution in [0.4, 0.5) is 0 Å². The van der Waals surface area contributed by atoms with Gasteiger partial charge in [0.1, 0.15) is 17.5 Å². The number of amides is 1. The minimum Gasteiger partial charge on any atom is -0.508 e. The van der Waals surface area contributed by atoms with Gasteiger partial charge in [0.2, 0.25) is 5.91 Å². The van der Waals surface area contributed by atoms with Crippen molar-refractivity contribution in [1.29, 1.82) is 0 Å². The Morgan fingerprint density at radius 3 is 2.61 bits per heavy atom. The smallest absolute Gasteiger partial charge is 0.242 e. The van der Waals surface area contributed by atoms with Crippen LogP contribution in [-0.2, 0) is 4.79 Å². The van der Waals surface area contributed by atoms with Crippen molar-refractivity contribution in [3.8, 4) is 11.5 Å².